The van der Waals surface area contributed by atoms with Gasteiger partial charge in [0.15, 0.2) is 6.10 Å². The molecule has 2 atom stereocenters. The zero-order valence-corrected chi connectivity index (χ0v) is 18.7. The number of benzene rings is 1. The highest BCUT2D eigenvalue weighted by Crippen LogP contribution is 2.39. The zero-order chi connectivity index (χ0) is 19.3. The smallest absolute Gasteiger partial charge is 0.349 e. The number of likely N-dealkylation sites (tertiary alicyclic amines) is 1. The molecular formula is C21H28BrNO4S. The van der Waals surface area contributed by atoms with Gasteiger partial charge in [0.2, 0.25) is 5.60 Å². The van der Waals surface area contributed by atoms with Crippen LogP contribution in [0.4, 0.5) is 0 Å². The molecule has 1 aromatic heterocycles. The van der Waals surface area contributed by atoms with Crippen molar-refractivity contribution in [3.63, 3.8) is 0 Å². The second kappa shape index (κ2) is 9.98. The maximum atomic E-state index is 13.5. The van der Waals surface area contributed by atoms with E-state index in [1.165, 1.54) is 11.3 Å². The molecule has 7 heteroatoms. The summed E-state index contributed by atoms with van der Waals surface area (Å²) >= 11 is 1.48. The van der Waals surface area contributed by atoms with Crippen molar-refractivity contribution in [3.8, 4) is 0 Å². The van der Waals surface area contributed by atoms with Gasteiger partial charge < -0.3 is 36.0 Å². The molecule has 1 saturated heterocycles. The van der Waals surface area contributed by atoms with Crippen LogP contribution in [-0.2, 0) is 19.9 Å². The molecule has 154 valence electrons. The van der Waals surface area contributed by atoms with E-state index >= 15 is 0 Å². The Morgan fingerprint density at radius 2 is 2.00 bits per heavy atom. The number of ether oxygens (including phenoxy) is 2. The third kappa shape index (κ3) is 5.02. The van der Waals surface area contributed by atoms with E-state index in [-0.39, 0.29) is 42.3 Å². The van der Waals surface area contributed by atoms with Crippen LogP contribution < -0.4 is 17.0 Å². The first kappa shape index (κ1) is 23.0. The summed E-state index contributed by atoms with van der Waals surface area (Å²) in [6.07, 6.45) is 1.20. The summed E-state index contributed by atoms with van der Waals surface area (Å²) in [7, 11) is 4.30. The molecule has 28 heavy (non-hydrogen) atoms. The molecule has 0 amide bonds. The van der Waals surface area contributed by atoms with Crippen molar-refractivity contribution in [2.24, 2.45) is 0 Å². The number of aliphatic hydroxyl groups is 1. The normalized spacial score (nSPS) is 20.2. The predicted molar refractivity (Wildman–Crippen MR) is 106 cm³/mol. The summed E-state index contributed by atoms with van der Waals surface area (Å²) < 4.78 is 13.0. The maximum absolute atomic E-state index is 13.5. The molecule has 1 N–H and O–H groups in total. The van der Waals surface area contributed by atoms with E-state index in [0.717, 1.165) is 34.4 Å². The monoisotopic (exact) mass is 469 g/mol. The van der Waals surface area contributed by atoms with Gasteiger partial charge in [-0.3, -0.25) is 0 Å². The average Bonchev–Trinajstić information content (AvgIpc) is 3.29. The lowest BCUT2D eigenvalue weighted by Gasteiger charge is -2.32. The summed E-state index contributed by atoms with van der Waals surface area (Å²) in [6.45, 7) is 2.07. The number of esters is 1. The maximum Gasteiger partial charge on any atom is 0.349 e. The van der Waals surface area contributed by atoms with Crippen LogP contribution in [0.2, 0.25) is 0 Å². The van der Waals surface area contributed by atoms with E-state index in [2.05, 4.69) is 14.1 Å². The van der Waals surface area contributed by atoms with Gasteiger partial charge in [-0.15, -0.1) is 11.3 Å². The van der Waals surface area contributed by atoms with Crippen LogP contribution in [0, 0.1) is 0 Å². The number of nitrogens with zero attached hydrogens (tertiary/aromatic N) is 1. The fourth-order valence-corrected chi connectivity index (χ4v) is 4.46. The Bertz CT molecular complexity index is 738. The number of carbonyl (C=O) groups excluding carboxylic acids is 1. The van der Waals surface area contributed by atoms with E-state index in [4.69, 9.17) is 9.47 Å². The molecule has 2 unspecified atom stereocenters. The van der Waals surface area contributed by atoms with Gasteiger partial charge in [-0.2, -0.15) is 0 Å². The molecule has 0 saturated carbocycles. The van der Waals surface area contributed by atoms with Gasteiger partial charge in [-0.1, -0.05) is 36.4 Å². The van der Waals surface area contributed by atoms with Crippen LogP contribution in [-0.4, -0.2) is 62.1 Å². The number of hydrogen-bond donors (Lipinski definition) is 1. The molecular weight excluding hydrogens is 442 g/mol. The van der Waals surface area contributed by atoms with Gasteiger partial charge in [0.25, 0.3) is 0 Å². The van der Waals surface area contributed by atoms with Crippen LogP contribution in [0.5, 0.6) is 0 Å². The van der Waals surface area contributed by atoms with E-state index in [1.807, 2.05) is 47.8 Å². The number of aliphatic hydroxyl groups excluding tert-OH is 1. The lowest BCUT2D eigenvalue weighted by atomic mass is 9.91. The first-order valence-corrected chi connectivity index (χ1v) is 10.2. The molecule has 0 bridgehead atoms. The zero-order valence-electron chi connectivity index (χ0n) is 16.3. The molecule has 1 aliphatic rings. The van der Waals surface area contributed by atoms with Crippen LogP contribution in [0.1, 0.15) is 23.3 Å². The molecule has 2 heterocycles. The minimum absolute atomic E-state index is 0. The number of likely N-dealkylation sites (N-methyl/N-ethyl adjacent to an activating group) is 1. The number of rotatable bonds is 8. The van der Waals surface area contributed by atoms with Gasteiger partial charge in [0.1, 0.15) is 6.54 Å². The number of quaternary nitrogens is 1. The van der Waals surface area contributed by atoms with Crippen LogP contribution in [0.15, 0.2) is 47.8 Å². The second-order valence-corrected chi connectivity index (χ2v) is 8.56. The molecule has 0 aliphatic carbocycles. The highest BCUT2D eigenvalue weighted by molar-refractivity contribution is 7.10. The lowest BCUT2D eigenvalue weighted by molar-refractivity contribution is -0.879. The Hall–Kier alpha value is -1.25. The molecule has 1 fully saturated rings. The lowest BCUT2D eigenvalue weighted by Crippen LogP contribution is -3.00. The van der Waals surface area contributed by atoms with Crippen molar-refractivity contribution in [2.75, 3.05) is 40.4 Å². The summed E-state index contributed by atoms with van der Waals surface area (Å²) in [5.74, 6) is -0.374. The number of halogens is 1. The first-order chi connectivity index (χ1) is 13.0. The molecule has 1 aromatic carbocycles. The fraction of sp³-hybridized carbons (Fsp3) is 0.476. The summed E-state index contributed by atoms with van der Waals surface area (Å²) in [6, 6.07) is 13.3. The third-order valence-electron chi connectivity index (χ3n) is 4.98. The Labute approximate surface area is 181 Å². The van der Waals surface area contributed by atoms with Crippen molar-refractivity contribution < 1.29 is 40.8 Å². The average molecular weight is 470 g/mol. The quantitative estimate of drug-likeness (QED) is 0.330. The Balaban J connectivity index is 0.00000280. The van der Waals surface area contributed by atoms with Gasteiger partial charge in [0, 0.05) is 18.6 Å². The Morgan fingerprint density at radius 3 is 2.57 bits per heavy atom. The minimum atomic E-state index is -1.30. The van der Waals surface area contributed by atoms with Crippen LogP contribution in [0.3, 0.4) is 0 Å². The first-order valence-electron chi connectivity index (χ1n) is 9.35. The molecule has 3 rings (SSSR count). The van der Waals surface area contributed by atoms with Crippen molar-refractivity contribution in [1.29, 1.82) is 0 Å². The minimum Gasteiger partial charge on any atom is -1.00 e. The van der Waals surface area contributed by atoms with Gasteiger partial charge in [-0.25, -0.2) is 4.79 Å². The Morgan fingerprint density at radius 1 is 1.25 bits per heavy atom. The fourth-order valence-electron chi connectivity index (χ4n) is 3.57. The number of hydrogen-bond acceptors (Lipinski definition) is 5. The summed E-state index contributed by atoms with van der Waals surface area (Å²) in [5.41, 5.74) is -0.549. The van der Waals surface area contributed by atoms with E-state index in [9.17, 15) is 9.90 Å². The van der Waals surface area contributed by atoms with E-state index in [1.54, 1.807) is 0 Å². The van der Waals surface area contributed by atoms with Gasteiger partial charge in [0.05, 0.1) is 32.1 Å². The third-order valence-corrected chi connectivity index (χ3v) is 5.96. The molecule has 0 spiro atoms. The van der Waals surface area contributed by atoms with Gasteiger partial charge in [-0.05, 0) is 17.9 Å². The topological polar surface area (TPSA) is 55.8 Å². The SMILES string of the molecule is C[N+]1(C)CCC(OC(=O)C(OCCCO)(c2ccccc2)c2cccs2)C1.[Br-]. The highest BCUT2D eigenvalue weighted by atomic mass is 79.9. The van der Waals surface area contributed by atoms with Crippen LogP contribution >= 0.6 is 11.3 Å². The Kier molecular flexibility index (Phi) is 8.21. The van der Waals surface area contributed by atoms with Crippen LogP contribution in [0.25, 0.3) is 0 Å². The summed E-state index contributed by atoms with van der Waals surface area (Å²) in [4.78, 5) is 14.3. The van der Waals surface area contributed by atoms with E-state index in [0.29, 0.717) is 6.42 Å². The molecule has 2 aromatic rings. The molecule has 1 aliphatic heterocycles. The highest BCUT2D eigenvalue weighted by Gasteiger charge is 2.48. The number of thiophene rings is 1. The van der Waals surface area contributed by atoms with Crippen molar-refractivity contribution in [2.45, 2.75) is 24.5 Å². The predicted octanol–water partition coefficient (Wildman–Crippen LogP) is -0.213. The summed E-state index contributed by atoms with van der Waals surface area (Å²) in [5, 5.41) is 11.1. The van der Waals surface area contributed by atoms with Crippen molar-refractivity contribution in [1.82, 2.24) is 0 Å². The van der Waals surface area contributed by atoms with Crippen molar-refractivity contribution in [3.05, 3.63) is 58.3 Å². The molecule has 0 radical (unpaired) electrons. The van der Waals surface area contributed by atoms with Crippen molar-refractivity contribution >= 4 is 17.3 Å². The van der Waals surface area contributed by atoms with Gasteiger partial charge >= 0.3 is 5.97 Å². The second-order valence-electron chi connectivity index (χ2n) is 7.61. The van der Waals surface area contributed by atoms with E-state index < -0.39 is 5.60 Å². The number of carbonyl (C=O) groups is 1. The molecule has 5 nitrogen and oxygen atoms in total. The standard InChI is InChI=1S/C21H28NO4S.BrH/c1-22(2)12-11-18(16-22)26-20(24)21(25-14-7-13-23,19-10-6-15-27-19)17-8-4-3-5-9-17;/h3-6,8-10,15,18,23H,7,11-14,16H2,1-2H3;1H/q+1;/p-1. The largest absolute Gasteiger partial charge is 1.00 e.